The molecule has 0 saturated carbocycles. The van der Waals surface area contributed by atoms with Gasteiger partial charge in [0.25, 0.3) is 0 Å². The molecule has 2 heterocycles. The molecule has 1 aromatic heterocycles. The Kier molecular flexibility index (Phi) is 5.35. The van der Waals surface area contributed by atoms with Gasteiger partial charge in [0.15, 0.2) is 15.8 Å². The molecule has 0 bridgehead atoms. The van der Waals surface area contributed by atoms with Crippen LogP contribution >= 0.6 is 11.3 Å². The predicted molar refractivity (Wildman–Crippen MR) is 95.8 cm³/mol. The molecule has 0 aromatic carbocycles. The molecule has 0 amide bonds. The number of guanidine groups is 1. The van der Waals surface area contributed by atoms with E-state index in [1.807, 2.05) is 25.7 Å². The minimum Gasteiger partial charge on any atom is -0.357 e. The van der Waals surface area contributed by atoms with E-state index in [2.05, 4.69) is 10.3 Å². The van der Waals surface area contributed by atoms with Crippen molar-refractivity contribution in [1.82, 2.24) is 15.2 Å². The smallest absolute Gasteiger partial charge is 0.194 e. The molecule has 1 fully saturated rings. The van der Waals surface area contributed by atoms with Gasteiger partial charge in [-0.3, -0.25) is 0 Å². The average molecular weight is 359 g/mol. The standard InChI is InChI=1S/C15H26N4O2S2/c1-6-16-14(17-9-13-11(2)18-12(3)22-13)19-7-8-23(20,21)15(4,5)10-19/h6-10H2,1-5H3,(H,16,17). The van der Waals surface area contributed by atoms with Gasteiger partial charge in [0.2, 0.25) is 0 Å². The van der Waals surface area contributed by atoms with Crippen LogP contribution in [0.4, 0.5) is 0 Å². The van der Waals surface area contributed by atoms with Crippen molar-refractivity contribution in [2.75, 3.05) is 25.4 Å². The first-order valence-corrected chi connectivity index (χ1v) is 10.3. The van der Waals surface area contributed by atoms with Crippen molar-refractivity contribution in [1.29, 1.82) is 0 Å². The van der Waals surface area contributed by atoms with Crippen LogP contribution in [0.15, 0.2) is 4.99 Å². The van der Waals surface area contributed by atoms with Crippen LogP contribution in [0.25, 0.3) is 0 Å². The number of aromatic nitrogens is 1. The molecule has 6 nitrogen and oxygen atoms in total. The fraction of sp³-hybridized carbons (Fsp3) is 0.733. The van der Waals surface area contributed by atoms with Crippen LogP contribution in [0.3, 0.4) is 0 Å². The van der Waals surface area contributed by atoms with Gasteiger partial charge in [-0.2, -0.15) is 0 Å². The summed E-state index contributed by atoms with van der Waals surface area (Å²) in [5.41, 5.74) is 1.02. The lowest BCUT2D eigenvalue weighted by Gasteiger charge is -2.39. The Hall–Kier alpha value is -1.15. The van der Waals surface area contributed by atoms with Crippen LogP contribution in [0, 0.1) is 13.8 Å². The van der Waals surface area contributed by atoms with Gasteiger partial charge in [-0.05, 0) is 34.6 Å². The summed E-state index contributed by atoms with van der Waals surface area (Å²) in [6.45, 7) is 11.9. The van der Waals surface area contributed by atoms with E-state index in [1.54, 1.807) is 25.2 Å². The number of thiazole rings is 1. The number of nitrogens with one attached hydrogen (secondary N) is 1. The molecule has 1 N–H and O–H groups in total. The first-order valence-electron chi connectivity index (χ1n) is 7.85. The number of aliphatic imine (C=N–C) groups is 1. The molecule has 0 aliphatic carbocycles. The lowest BCUT2D eigenvalue weighted by molar-refractivity contribution is 0.353. The van der Waals surface area contributed by atoms with E-state index in [-0.39, 0.29) is 5.75 Å². The molecule has 0 atom stereocenters. The minimum absolute atomic E-state index is 0.170. The van der Waals surface area contributed by atoms with E-state index in [0.717, 1.165) is 28.1 Å². The van der Waals surface area contributed by atoms with Crippen LogP contribution < -0.4 is 5.32 Å². The Bertz CT molecular complexity index is 692. The third kappa shape index (κ3) is 4.03. The molecular formula is C15H26N4O2S2. The van der Waals surface area contributed by atoms with Gasteiger partial charge in [0.1, 0.15) is 0 Å². The van der Waals surface area contributed by atoms with Crippen molar-refractivity contribution in [2.24, 2.45) is 4.99 Å². The van der Waals surface area contributed by atoms with Crippen LogP contribution in [0.5, 0.6) is 0 Å². The molecule has 130 valence electrons. The molecule has 0 radical (unpaired) electrons. The molecule has 1 aliphatic heterocycles. The highest BCUT2D eigenvalue weighted by atomic mass is 32.2. The fourth-order valence-electron chi connectivity index (χ4n) is 2.62. The summed E-state index contributed by atoms with van der Waals surface area (Å²) in [7, 11) is -3.05. The molecule has 1 aromatic rings. The van der Waals surface area contributed by atoms with Crippen molar-refractivity contribution >= 4 is 27.1 Å². The molecule has 2 rings (SSSR count). The van der Waals surface area contributed by atoms with E-state index in [4.69, 9.17) is 4.99 Å². The number of nitrogens with zero attached hydrogens (tertiary/aromatic N) is 3. The minimum atomic E-state index is -3.05. The van der Waals surface area contributed by atoms with Crippen LogP contribution in [0.1, 0.15) is 36.3 Å². The summed E-state index contributed by atoms with van der Waals surface area (Å²) in [6.07, 6.45) is 0. The summed E-state index contributed by atoms with van der Waals surface area (Å²) < 4.78 is 23.6. The van der Waals surface area contributed by atoms with Gasteiger partial charge in [0.05, 0.1) is 27.7 Å². The van der Waals surface area contributed by atoms with Crippen molar-refractivity contribution in [3.05, 3.63) is 15.6 Å². The van der Waals surface area contributed by atoms with Crippen molar-refractivity contribution in [3.63, 3.8) is 0 Å². The summed E-state index contributed by atoms with van der Waals surface area (Å²) in [5.74, 6) is 0.948. The van der Waals surface area contributed by atoms with Gasteiger partial charge in [-0.15, -0.1) is 11.3 Å². The molecule has 23 heavy (non-hydrogen) atoms. The van der Waals surface area contributed by atoms with E-state index >= 15 is 0 Å². The highest BCUT2D eigenvalue weighted by molar-refractivity contribution is 7.92. The van der Waals surface area contributed by atoms with Gasteiger partial charge in [-0.1, -0.05) is 0 Å². The van der Waals surface area contributed by atoms with Gasteiger partial charge in [0, 0.05) is 24.5 Å². The molecule has 1 saturated heterocycles. The molecule has 1 aliphatic rings. The van der Waals surface area contributed by atoms with Crippen LogP contribution in [0.2, 0.25) is 0 Å². The summed E-state index contributed by atoms with van der Waals surface area (Å²) >= 11 is 1.66. The van der Waals surface area contributed by atoms with Crippen LogP contribution in [-0.4, -0.2) is 54.4 Å². The zero-order valence-electron chi connectivity index (χ0n) is 14.5. The molecule has 8 heteroatoms. The quantitative estimate of drug-likeness (QED) is 0.658. The Morgan fingerprint density at radius 2 is 2.13 bits per heavy atom. The topological polar surface area (TPSA) is 74.7 Å². The lowest BCUT2D eigenvalue weighted by atomic mass is 10.2. The largest absolute Gasteiger partial charge is 0.357 e. The SMILES string of the molecule is CCNC(=NCc1sc(C)nc1C)N1CCS(=O)(=O)C(C)(C)C1. The number of hydrogen-bond donors (Lipinski definition) is 1. The maximum Gasteiger partial charge on any atom is 0.194 e. The van der Waals surface area contributed by atoms with E-state index in [9.17, 15) is 8.42 Å². The fourth-order valence-corrected chi connectivity index (χ4v) is 4.84. The second-order valence-corrected chi connectivity index (χ2v) is 10.4. The average Bonchev–Trinajstić information content (AvgIpc) is 2.76. The second-order valence-electron chi connectivity index (χ2n) is 6.41. The summed E-state index contributed by atoms with van der Waals surface area (Å²) in [5, 5.41) is 4.32. The normalized spacial score (nSPS) is 20.6. The highest BCUT2D eigenvalue weighted by Crippen LogP contribution is 2.24. The highest BCUT2D eigenvalue weighted by Gasteiger charge is 2.40. The Labute approximate surface area is 142 Å². The third-order valence-electron chi connectivity index (χ3n) is 4.05. The number of rotatable bonds is 3. The van der Waals surface area contributed by atoms with Crippen molar-refractivity contribution in [3.8, 4) is 0 Å². The number of sulfone groups is 1. The zero-order chi connectivity index (χ0) is 17.3. The lowest BCUT2D eigenvalue weighted by Crippen LogP contribution is -2.57. The maximum absolute atomic E-state index is 12.2. The van der Waals surface area contributed by atoms with Gasteiger partial charge in [-0.25, -0.2) is 18.4 Å². The van der Waals surface area contributed by atoms with Gasteiger partial charge >= 0.3 is 0 Å². The number of aryl methyl sites for hydroxylation is 2. The Balaban J connectivity index is 2.18. The van der Waals surface area contributed by atoms with Crippen molar-refractivity contribution < 1.29 is 8.42 Å². The van der Waals surface area contributed by atoms with E-state index < -0.39 is 14.6 Å². The van der Waals surface area contributed by atoms with E-state index in [0.29, 0.717) is 19.6 Å². The molecule has 0 spiro atoms. The number of hydrogen-bond acceptors (Lipinski definition) is 5. The monoisotopic (exact) mass is 358 g/mol. The zero-order valence-corrected chi connectivity index (χ0v) is 16.1. The van der Waals surface area contributed by atoms with Gasteiger partial charge < -0.3 is 10.2 Å². The summed E-state index contributed by atoms with van der Waals surface area (Å²) in [6, 6.07) is 0. The van der Waals surface area contributed by atoms with Crippen LogP contribution in [-0.2, 0) is 16.4 Å². The Morgan fingerprint density at radius 1 is 1.43 bits per heavy atom. The van der Waals surface area contributed by atoms with Crippen molar-refractivity contribution in [2.45, 2.75) is 45.9 Å². The first kappa shape index (κ1) is 18.2. The maximum atomic E-state index is 12.2. The third-order valence-corrected chi connectivity index (χ3v) is 7.64. The first-order chi connectivity index (χ1) is 10.7. The second kappa shape index (κ2) is 6.76. The molecular weight excluding hydrogens is 332 g/mol. The summed E-state index contributed by atoms with van der Waals surface area (Å²) in [4.78, 5) is 12.3. The van der Waals surface area contributed by atoms with E-state index in [1.165, 1.54) is 0 Å². The predicted octanol–water partition coefficient (Wildman–Crippen LogP) is 1.73. The molecule has 0 unspecified atom stereocenters. The Morgan fingerprint density at radius 3 is 2.65 bits per heavy atom.